The Kier molecular flexibility index (Phi) is 19.3. The van der Waals surface area contributed by atoms with E-state index in [2.05, 4.69) is 19.9 Å². The van der Waals surface area contributed by atoms with Crippen molar-refractivity contribution >= 4 is 113 Å². The van der Waals surface area contributed by atoms with Crippen molar-refractivity contribution in [3.05, 3.63) is 139 Å². The van der Waals surface area contributed by atoms with E-state index in [0.29, 0.717) is 41.1 Å². The molecule has 0 amide bonds. The van der Waals surface area contributed by atoms with Crippen molar-refractivity contribution in [2.75, 3.05) is 14.2 Å². The molecule has 90 heavy (non-hydrogen) atoms. The second kappa shape index (κ2) is 26.6. The lowest BCUT2D eigenvalue weighted by Gasteiger charge is -2.12. The number of aryl methyl sites for hydroxylation is 6. The normalized spacial score (nSPS) is 14.7. The summed E-state index contributed by atoms with van der Waals surface area (Å²) in [5.41, 5.74) is 25.5. The van der Waals surface area contributed by atoms with Crippen molar-refractivity contribution in [1.29, 1.82) is 0 Å². The minimum atomic E-state index is -0.903. The number of hydrogen-bond donors (Lipinski definition) is 10. The zero-order chi connectivity index (χ0) is 65.5. The SMILES string of the molecule is COC(C)C1=C(C)c2cc3[nH]c(cc4nc(cc5[nH]c(cc1n2)c(C)c5CCC(=O)O)C(CCC(=O)O)=C4C)c(C)c3C(C)O.COC(C)C1=C(C)c2cc3nc(cc4[nH]c(cc5[nH]c(cc1n2)c(C)c5C(C)O)c(C)c4CCC(=O)O)C(CCC(=O)O)=C3C. The van der Waals surface area contributed by atoms with Gasteiger partial charge in [0, 0.05) is 106 Å². The van der Waals surface area contributed by atoms with E-state index in [-0.39, 0.29) is 50.7 Å². The first kappa shape index (κ1) is 65.4. The minimum Gasteiger partial charge on any atom is -0.481 e. The van der Waals surface area contributed by atoms with Crippen LogP contribution in [-0.4, -0.2) is 121 Å². The van der Waals surface area contributed by atoms with E-state index in [1.807, 2.05) is 118 Å². The summed E-state index contributed by atoms with van der Waals surface area (Å²) in [7, 11) is 3.32. The van der Waals surface area contributed by atoms with Crippen LogP contribution in [0.3, 0.4) is 0 Å². The molecular formula is C70H80N8O12. The smallest absolute Gasteiger partial charge is 0.303 e. The molecule has 4 aliphatic rings. The van der Waals surface area contributed by atoms with Gasteiger partial charge in [-0.1, -0.05) is 0 Å². The van der Waals surface area contributed by atoms with Gasteiger partial charge in [-0.25, -0.2) is 19.9 Å². The van der Waals surface area contributed by atoms with Gasteiger partial charge in [-0.05, 0) is 224 Å². The fraction of sp³-hybridized carbons (Fsp3) is 0.371. The number of aliphatic carboxylic acids is 4. The number of aliphatic hydroxyl groups excluding tert-OH is 2. The first-order valence-corrected chi connectivity index (χ1v) is 30.2. The Morgan fingerprint density at radius 2 is 0.667 bits per heavy atom. The van der Waals surface area contributed by atoms with Gasteiger partial charge in [0.1, 0.15) is 0 Å². The highest BCUT2D eigenvalue weighted by molar-refractivity contribution is 5.99. The molecule has 20 nitrogen and oxygen atoms in total. The topological polar surface area (TPSA) is 323 Å². The molecule has 4 atom stereocenters. The van der Waals surface area contributed by atoms with Crippen molar-refractivity contribution in [2.24, 2.45) is 0 Å². The molecule has 10 rings (SSSR count). The van der Waals surface area contributed by atoms with Crippen molar-refractivity contribution in [3.63, 3.8) is 0 Å². The van der Waals surface area contributed by atoms with E-state index in [0.717, 1.165) is 150 Å². The summed E-state index contributed by atoms with van der Waals surface area (Å²) in [6, 6.07) is 15.5. The summed E-state index contributed by atoms with van der Waals surface area (Å²) in [5.74, 6) is -3.60. The Hall–Kier alpha value is -9.08. The number of aromatic nitrogens is 8. The van der Waals surface area contributed by atoms with Crippen LogP contribution in [0.1, 0.15) is 196 Å². The summed E-state index contributed by atoms with van der Waals surface area (Å²) in [5, 5.41) is 59.7. The van der Waals surface area contributed by atoms with Gasteiger partial charge in [0.2, 0.25) is 0 Å². The molecule has 0 fully saturated rings. The standard InChI is InChI=1S/2C35H40N4O6/c1-16-22(8-10-32(41)42)28-15-29-23(9-11-33(43)44)17(2)25(37-29)13-30-34(20(5)40)18(3)27(38-30)14-31-35(21(6)45-7)19(4)26(39-31)12-24(16)36-28;1-16-22(8-10-32(41)42)28-15-29-23(9-11-33(43)44)17(2)25(37-29)13-31-35(21(6)45-7)19(4)27(39-31)14-30-34(20(5)40)18(3)26(38-30)12-24(16)36-28/h2*12-15,20-21,37-38,40H,8-11H2,1-7H3,(H,41,42)(H,43,44). The molecule has 0 aliphatic carbocycles. The number of ether oxygens (including phenoxy) is 2. The van der Waals surface area contributed by atoms with Crippen molar-refractivity contribution in [1.82, 2.24) is 39.9 Å². The van der Waals surface area contributed by atoms with Crippen molar-refractivity contribution in [3.8, 4) is 0 Å². The van der Waals surface area contributed by atoms with Crippen LogP contribution >= 0.6 is 0 Å². The van der Waals surface area contributed by atoms with Crippen molar-refractivity contribution < 1.29 is 59.3 Å². The number of nitrogens with one attached hydrogen (secondary N) is 4. The molecule has 10 N–H and O–H groups in total. The Morgan fingerprint density at radius 3 is 1.06 bits per heavy atom. The lowest BCUT2D eigenvalue weighted by Crippen LogP contribution is -2.07. The Bertz CT molecular complexity index is 4450. The summed E-state index contributed by atoms with van der Waals surface area (Å²) in [4.78, 5) is 80.3. The third-order valence-corrected chi connectivity index (χ3v) is 18.0. The number of carboxylic acid groups (broad SMARTS) is 4. The van der Waals surface area contributed by atoms with Crippen LogP contribution in [0.15, 0.2) is 48.5 Å². The molecule has 4 unspecified atom stereocenters. The fourth-order valence-electron chi connectivity index (χ4n) is 12.8. The molecule has 0 aromatic carbocycles. The monoisotopic (exact) mass is 1220 g/mol. The Labute approximate surface area is 521 Å². The Morgan fingerprint density at radius 1 is 0.378 bits per heavy atom. The predicted molar refractivity (Wildman–Crippen MR) is 351 cm³/mol. The zero-order valence-corrected chi connectivity index (χ0v) is 53.5. The van der Waals surface area contributed by atoms with Crippen LogP contribution in [0.2, 0.25) is 0 Å². The number of nitrogens with zero attached hydrogens (tertiary/aromatic N) is 4. The third-order valence-electron chi connectivity index (χ3n) is 18.0. The number of methoxy groups -OCH3 is 2. The molecule has 0 saturated heterocycles. The summed E-state index contributed by atoms with van der Waals surface area (Å²) < 4.78 is 11.5. The van der Waals surface area contributed by atoms with Crippen molar-refractivity contribution in [2.45, 2.75) is 159 Å². The van der Waals surface area contributed by atoms with E-state index in [4.69, 9.17) is 29.4 Å². The lowest BCUT2D eigenvalue weighted by atomic mass is 9.99. The highest BCUT2D eigenvalue weighted by atomic mass is 16.5. The molecule has 4 aliphatic heterocycles. The van der Waals surface area contributed by atoms with E-state index in [1.165, 1.54) is 0 Å². The first-order valence-electron chi connectivity index (χ1n) is 30.2. The van der Waals surface area contributed by atoms with E-state index < -0.39 is 36.1 Å². The second-order valence-corrected chi connectivity index (χ2v) is 23.7. The number of fused-ring (bicyclic) bond motifs is 16. The number of aliphatic hydroxyl groups is 2. The van der Waals surface area contributed by atoms with Gasteiger partial charge in [0.25, 0.3) is 0 Å². The maximum absolute atomic E-state index is 11.6. The van der Waals surface area contributed by atoms with E-state index >= 15 is 0 Å². The largest absolute Gasteiger partial charge is 0.481 e. The number of carboxylic acids is 4. The maximum atomic E-state index is 11.6. The van der Waals surface area contributed by atoms with Gasteiger partial charge >= 0.3 is 23.9 Å². The molecule has 6 aromatic rings. The summed E-state index contributed by atoms with van der Waals surface area (Å²) >= 11 is 0. The van der Waals surface area contributed by atoms with Gasteiger partial charge in [-0.3, -0.25) is 19.2 Å². The highest BCUT2D eigenvalue weighted by Crippen LogP contribution is 2.41. The van der Waals surface area contributed by atoms with E-state index in [9.17, 15) is 49.8 Å². The minimum absolute atomic E-state index is 0.0457. The molecule has 0 saturated carbocycles. The van der Waals surface area contributed by atoms with Crippen LogP contribution in [-0.2, 0) is 41.5 Å². The number of aromatic amines is 4. The number of allylic oxidation sites excluding steroid dienone is 6. The highest BCUT2D eigenvalue weighted by Gasteiger charge is 2.28. The zero-order valence-electron chi connectivity index (χ0n) is 53.5. The summed E-state index contributed by atoms with van der Waals surface area (Å²) in [6.45, 7) is 23.1. The quantitative estimate of drug-likeness (QED) is 0.0382. The average Bonchev–Trinajstić information content (AvgIpc) is 1.65. The molecular weight excluding hydrogens is 1140 g/mol. The summed E-state index contributed by atoms with van der Waals surface area (Å²) in [6.07, 6.45) is -1.02. The van der Waals surface area contributed by atoms with Gasteiger partial charge in [-0.15, -0.1) is 0 Å². The second-order valence-electron chi connectivity index (χ2n) is 23.7. The van der Waals surface area contributed by atoms with Gasteiger partial charge in [0.05, 0.1) is 70.0 Å². The Balaban J connectivity index is 0.000000213. The molecule has 0 spiro atoms. The number of H-pyrrole nitrogens is 4. The van der Waals surface area contributed by atoms with Crippen LogP contribution in [0.4, 0.5) is 0 Å². The first-order chi connectivity index (χ1) is 42.6. The third kappa shape index (κ3) is 13.1. The molecule has 16 bridgehead atoms. The predicted octanol–water partition coefficient (Wildman–Crippen LogP) is 13.5. The van der Waals surface area contributed by atoms with Gasteiger partial charge in [-0.2, -0.15) is 0 Å². The molecule has 6 aromatic heterocycles. The van der Waals surface area contributed by atoms with Crippen LogP contribution in [0, 0.1) is 27.7 Å². The van der Waals surface area contributed by atoms with Gasteiger partial charge < -0.3 is 60.0 Å². The van der Waals surface area contributed by atoms with Crippen LogP contribution in [0.5, 0.6) is 0 Å². The molecule has 20 heteroatoms. The van der Waals surface area contributed by atoms with Crippen LogP contribution in [0.25, 0.3) is 88.7 Å². The van der Waals surface area contributed by atoms with Gasteiger partial charge in [0.15, 0.2) is 0 Å². The molecule has 472 valence electrons. The average molecular weight is 1230 g/mol. The number of hydrogen-bond acceptors (Lipinski definition) is 12. The molecule has 10 heterocycles. The molecule has 0 radical (unpaired) electrons. The lowest BCUT2D eigenvalue weighted by molar-refractivity contribution is -0.138. The fourth-order valence-corrected chi connectivity index (χ4v) is 12.8. The van der Waals surface area contributed by atoms with Crippen LogP contribution < -0.4 is 0 Å². The van der Waals surface area contributed by atoms with E-state index in [1.54, 1.807) is 28.1 Å². The number of rotatable bonds is 18. The maximum Gasteiger partial charge on any atom is 0.303 e. The number of carbonyl (C=O) groups is 4.